The Kier molecular flexibility index (Phi) is 9.42. The highest BCUT2D eigenvalue weighted by Crippen LogP contribution is 2.44. The van der Waals surface area contributed by atoms with Gasteiger partial charge in [-0.25, -0.2) is 9.78 Å². The molecule has 2 aromatic carbocycles. The standard InChI is InChI=1S/C34H41ClN4O3S/c1-8-22(3)38-13-15-39(16-14-38)26-18-24(19-36-20-26)32-37-27-17-21(2)28(30(33(40)41-7)42-34(4,5)6)29(31(27)43-32)23-9-11-25(35)12-10-23/h9-12,17-20,22,30H,8,13-16H2,1-7H3. The van der Waals surface area contributed by atoms with Gasteiger partial charge in [0.1, 0.15) is 5.01 Å². The van der Waals surface area contributed by atoms with E-state index in [1.54, 1.807) is 11.3 Å². The SMILES string of the molecule is CCC(C)N1CCN(c2cncc(-c3nc4cc(C)c(C(OC(C)(C)C)C(=O)OC)c(-c5ccc(Cl)cc5)c4s3)c2)CC1. The summed E-state index contributed by atoms with van der Waals surface area (Å²) in [5, 5.41) is 1.52. The molecule has 43 heavy (non-hydrogen) atoms. The fourth-order valence-corrected chi connectivity index (χ4v) is 6.89. The lowest BCUT2D eigenvalue weighted by atomic mass is 9.91. The molecule has 9 heteroatoms. The molecule has 1 saturated heterocycles. The summed E-state index contributed by atoms with van der Waals surface area (Å²) >= 11 is 7.88. The van der Waals surface area contributed by atoms with Gasteiger partial charge in [-0.3, -0.25) is 9.88 Å². The van der Waals surface area contributed by atoms with E-state index in [-0.39, 0.29) is 0 Å². The van der Waals surface area contributed by atoms with E-state index in [1.807, 2.05) is 70.4 Å². The van der Waals surface area contributed by atoms with E-state index < -0.39 is 17.7 Å². The van der Waals surface area contributed by atoms with Gasteiger partial charge in [-0.2, -0.15) is 0 Å². The van der Waals surface area contributed by atoms with E-state index in [4.69, 9.17) is 26.1 Å². The number of carbonyl (C=O) groups excluding carboxylic acids is 1. The predicted molar refractivity (Wildman–Crippen MR) is 177 cm³/mol. The average Bonchev–Trinajstić information content (AvgIpc) is 3.42. The van der Waals surface area contributed by atoms with Crippen molar-refractivity contribution in [2.24, 2.45) is 0 Å². The molecule has 0 saturated carbocycles. The van der Waals surface area contributed by atoms with Gasteiger partial charge >= 0.3 is 5.97 Å². The first-order valence-corrected chi connectivity index (χ1v) is 16.1. The number of piperazine rings is 1. The van der Waals surface area contributed by atoms with Gasteiger partial charge in [0.25, 0.3) is 0 Å². The van der Waals surface area contributed by atoms with Crippen LogP contribution in [0.3, 0.4) is 0 Å². The Bertz CT molecular complexity index is 1590. The first-order chi connectivity index (χ1) is 20.5. The number of benzene rings is 2. The number of rotatable bonds is 8. The van der Waals surface area contributed by atoms with Crippen molar-refractivity contribution >= 4 is 44.8 Å². The summed E-state index contributed by atoms with van der Waals surface area (Å²) in [6, 6.07) is 12.5. The Labute approximate surface area is 263 Å². The number of carbonyl (C=O) groups is 1. The molecule has 3 heterocycles. The lowest BCUT2D eigenvalue weighted by molar-refractivity contribution is -0.164. The summed E-state index contributed by atoms with van der Waals surface area (Å²) in [5.74, 6) is -0.442. The Balaban J connectivity index is 1.61. The van der Waals surface area contributed by atoms with Crippen LogP contribution in [-0.4, -0.2) is 65.8 Å². The molecular weight excluding hydrogens is 580 g/mol. The van der Waals surface area contributed by atoms with Crippen molar-refractivity contribution in [2.75, 3.05) is 38.2 Å². The zero-order valence-corrected chi connectivity index (χ0v) is 27.7. The maximum Gasteiger partial charge on any atom is 0.339 e. The van der Waals surface area contributed by atoms with E-state index in [0.29, 0.717) is 11.1 Å². The van der Waals surface area contributed by atoms with Crippen molar-refractivity contribution < 1.29 is 14.3 Å². The summed E-state index contributed by atoms with van der Waals surface area (Å²) in [5.41, 5.74) is 5.87. The summed E-state index contributed by atoms with van der Waals surface area (Å²) in [7, 11) is 1.40. The molecule has 7 nitrogen and oxygen atoms in total. The largest absolute Gasteiger partial charge is 0.467 e. The van der Waals surface area contributed by atoms with E-state index in [9.17, 15) is 4.79 Å². The van der Waals surface area contributed by atoms with Crippen LogP contribution in [0.2, 0.25) is 5.02 Å². The molecule has 4 aromatic rings. The number of aryl methyl sites for hydroxylation is 1. The lowest BCUT2D eigenvalue weighted by Gasteiger charge is -2.38. The number of nitrogens with zero attached hydrogens (tertiary/aromatic N) is 4. The first kappa shape index (κ1) is 31.4. The van der Waals surface area contributed by atoms with Gasteiger partial charge in [0.05, 0.1) is 34.8 Å². The third-order valence-corrected chi connectivity index (χ3v) is 9.46. The van der Waals surface area contributed by atoms with Crippen LogP contribution in [0.1, 0.15) is 58.3 Å². The fourth-order valence-electron chi connectivity index (χ4n) is 5.66. The number of hydrogen-bond donors (Lipinski definition) is 0. The maximum atomic E-state index is 13.2. The Hall–Kier alpha value is -3.04. The molecular formula is C34H41ClN4O3S. The third kappa shape index (κ3) is 6.88. The van der Waals surface area contributed by atoms with E-state index in [0.717, 1.165) is 81.3 Å². The Morgan fingerprint density at radius 3 is 2.40 bits per heavy atom. The van der Waals surface area contributed by atoms with Gasteiger partial charge < -0.3 is 14.4 Å². The van der Waals surface area contributed by atoms with E-state index >= 15 is 0 Å². The number of thiazole rings is 1. The topological polar surface area (TPSA) is 67.8 Å². The molecule has 5 rings (SSSR count). The summed E-state index contributed by atoms with van der Waals surface area (Å²) < 4.78 is 12.6. The van der Waals surface area contributed by atoms with E-state index in [1.165, 1.54) is 7.11 Å². The molecule has 1 aliphatic rings. The van der Waals surface area contributed by atoms with Gasteiger partial charge in [-0.15, -0.1) is 11.3 Å². The normalized spacial score (nSPS) is 16.0. The Morgan fingerprint density at radius 1 is 1.07 bits per heavy atom. The molecule has 1 aliphatic heterocycles. The molecule has 2 unspecified atom stereocenters. The first-order valence-electron chi connectivity index (χ1n) is 14.9. The molecule has 0 bridgehead atoms. The highest BCUT2D eigenvalue weighted by Gasteiger charge is 2.33. The summed E-state index contributed by atoms with van der Waals surface area (Å²) in [6.45, 7) is 16.4. The number of esters is 1. The van der Waals surface area contributed by atoms with E-state index in [2.05, 4.69) is 34.7 Å². The Morgan fingerprint density at radius 2 is 1.77 bits per heavy atom. The van der Waals surface area contributed by atoms with Crippen LogP contribution in [0.25, 0.3) is 31.9 Å². The monoisotopic (exact) mass is 620 g/mol. The smallest absolute Gasteiger partial charge is 0.339 e. The van der Waals surface area contributed by atoms with Gasteiger partial charge in [0.2, 0.25) is 0 Å². The zero-order chi connectivity index (χ0) is 30.9. The van der Waals surface area contributed by atoms with Crippen LogP contribution in [-0.2, 0) is 14.3 Å². The van der Waals surface area contributed by atoms with Crippen LogP contribution in [0.4, 0.5) is 5.69 Å². The molecule has 228 valence electrons. The van der Waals surface area contributed by atoms with Crippen LogP contribution in [0.5, 0.6) is 0 Å². The minimum Gasteiger partial charge on any atom is -0.467 e. The van der Waals surface area contributed by atoms with Crippen LogP contribution < -0.4 is 4.90 Å². The van der Waals surface area contributed by atoms with Crippen molar-refractivity contribution in [2.45, 2.75) is 65.7 Å². The number of hydrogen-bond acceptors (Lipinski definition) is 8. The number of pyridine rings is 1. The molecule has 0 amide bonds. The van der Waals surface area contributed by atoms with Crippen molar-refractivity contribution in [1.82, 2.24) is 14.9 Å². The number of anilines is 1. The van der Waals surface area contributed by atoms with Crippen molar-refractivity contribution in [3.8, 4) is 21.7 Å². The maximum absolute atomic E-state index is 13.2. The van der Waals surface area contributed by atoms with Crippen LogP contribution in [0, 0.1) is 6.92 Å². The molecule has 2 aromatic heterocycles. The number of methoxy groups -OCH3 is 1. The minimum atomic E-state index is -0.912. The van der Waals surface area contributed by atoms with Gasteiger partial charge in [0, 0.05) is 60.1 Å². The molecule has 0 N–H and O–H groups in total. The van der Waals surface area contributed by atoms with Crippen LogP contribution in [0.15, 0.2) is 48.8 Å². The average molecular weight is 621 g/mol. The number of ether oxygens (including phenoxy) is 2. The minimum absolute atomic E-state index is 0.442. The molecule has 2 atom stereocenters. The third-order valence-electron chi connectivity index (χ3n) is 8.07. The van der Waals surface area contributed by atoms with Crippen LogP contribution >= 0.6 is 22.9 Å². The predicted octanol–water partition coefficient (Wildman–Crippen LogP) is 7.94. The van der Waals surface area contributed by atoms with Crippen molar-refractivity contribution in [1.29, 1.82) is 0 Å². The molecule has 1 fully saturated rings. The second-order valence-corrected chi connectivity index (χ2v) is 13.6. The van der Waals surface area contributed by atoms with Gasteiger partial charge in [-0.1, -0.05) is 30.7 Å². The van der Waals surface area contributed by atoms with Gasteiger partial charge in [0.15, 0.2) is 6.10 Å². The lowest BCUT2D eigenvalue weighted by Crippen LogP contribution is -2.49. The summed E-state index contributed by atoms with van der Waals surface area (Å²) in [4.78, 5) is 27.9. The second kappa shape index (κ2) is 12.9. The highest BCUT2D eigenvalue weighted by atomic mass is 35.5. The second-order valence-electron chi connectivity index (χ2n) is 12.2. The van der Waals surface area contributed by atoms with Crippen molar-refractivity contribution in [3.63, 3.8) is 0 Å². The van der Waals surface area contributed by atoms with Gasteiger partial charge in [-0.05, 0) is 76.4 Å². The number of halogens is 1. The van der Waals surface area contributed by atoms with Crippen molar-refractivity contribution in [3.05, 3.63) is 64.9 Å². The quantitative estimate of drug-likeness (QED) is 0.185. The molecule has 0 aliphatic carbocycles. The number of aromatic nitrogens is 2. The number of fused-ring (bicyclic) bond motifs is 1. The fraction of sp³-hybridized carbons (Fsp3) is 0.441. The molecule has 0 spiro atoms. The highest BCUT2D eigenvalue weighted by molar-refractivity contribution is 7.22. The zero-order valence-electron chi connectivity index (χ0n) is 26.1. The molecule has 0 radical (unpaired) electrons. The summed E-state index contributed by atoms with van der Waals surface area (Å²) in [6.07, 6.45) is 4.08.